The van der Waals surface area contributed by atoms with Crippen LogP contribution in [0.1, 0.15) is 13.3 Å². The van der Waals surface area contributed by atoms with Gasteiger partial charge in [0.15, 0.2) is 6.67 Å². The molecule has 0 saturated heterocycles. The van der Waals surface area contributed by atoms with Crippen LogP contribution >= 0.6 is 0 Å². The average molecular weight is 198 g/mol. The van der Waals surface area contributed by atoms with E-state index in [2.05, 4.69) is 0 Å². The molecule has 0 aliphatic carbocycles. The van der Waals surface area contributed by atoms with Crippen LogP contribution in [0.25, 0.3) is 0 Å². The molecule has 1 atom stereocenters. The van der Waals surface area contributed by atoms with Crippen LogP contribution < -0.4 is 0 Å². The lowest BCUT2D eigenvalue weighted by molar-refractivity contribution is -0.868. The molecular weight excluding hydrogens is 184 g/mol. The highest BCUT2D eigenvalue weighted by molar-refractivity contribution is 6.12. The predicted molar refractivity (Wildman–Crippen MR) is 50.6 cm³/mol. The monoisotopic (exact) mass is 198 g/mol. The Morgan fingerprint density at radius 2 is 1.86 bits per heavy atom. The molecule has 1 aliphatic rings. The van der Waals surface area contributed by atoms with E-state index in [0.29, 0.717) is 6.54 Å². The minimum absolute atomic E-state index is 0.0987. The molecule has 1 heterocycles. The highest BCUT2D eigenvalue weighted by Crippen LogP contribution is 2.09. The van der Waals surface area contributed by atoms with Crippen molar-refractivity contribution in [2.45, 2.75) is 13.3 Å². The van der Waals surface area contributed by atoms with Gasteiger partial charge in [0.05, 0.1) is 13.6 Å². The molecule has 14 heavy (non-hydrogen) atoms. The van der Waals surface area contributed by atoms with Crippen LogP contribution in [0, 0.1) is 5.21 Å². The molecule has 1 unspecified atom stereocenters. The Labute approximate surface area is 82.8 Å². The van der Waals surface area contributed by atoms with Crippen LogP contribution in [0.4, 0.5) is 0 Å². The molecule has 1 aliphatic heterocycles. The van der Waals surface area contributed by atoms with E-state index in [-0.39, 0.29) is 6.67 Å². The summed E-state index contributed by atoms with van der Waals surface area (Å²) in [6.45, 7) is 2.19. The number of carbonyl (C=O) groups excluding carboxylic acids is 2. The molecule has 0 fully saturated rings. The average Bonchev–Trinajstić information content (AvgIpc) is 2.35. The smallest absolute Gasteiger partial charge is 0.258 e. The summed E-state index contributed by atoms with van der Waals surface area (Å²) in [7, 11) is 1.46. The van der Waals surface area contributed by atoms with Crippen molar-refractivity contribution in [3.05, 3.63) is 17.4 Å². The Balaban J connectivity index is 2.60. The van der Waals surface area contributed by atoms with E-state index in [1.807, 2.05) is 6.92 Å². The fourth-order valence-corrected chi connectivity index (χ4v) is 1.41. The van der Waals surface area contributed by atoms with Gasteiger partial charge in [-0.3, -0.25) is 9.59 Å². The van der Waals surface area contributed by atoms with Gasteiger partial charge in [-0.15, -0.1) is 0 Å². The molecule has 1 rings (SSSR count). The molecule has 0 saturated carbocycles. The number of quaternary nitrogens is 1. The third-order valence-corrected chi connectivity index (χ3v) is 2.04. The predicted octanol–water partition coefficient (Wildman–Crippen LogP) is 0.223. The van der Waals surface area contributed by atoms with Gasteiger partial charge in [0, 0.05) is 12.2 Å². The summed E-state index contributed by atoms with van der Waals surface area (Å²) < 4.78 is -0.588. The van der Waals surface area contributed by atoms with Crippen molar-refractivity contribution in [2.24, 2.45) is 0 Å². The molecule has 5 nitrogen and oxygen atoms in total. The molecule has 78 valence electrons. The van der Waals surface area contributed by atoms with Gasteiger partial charge in [0.1, 0.15) is 0 Å². The van der Waals surface area contributed by atoms with E-state index in [4.69, 9.17) is 0 Å². The van der Waals surface area contributed by atoms with Crippen LogP contribution in [-0.4, -0.2) is 41.6 Å². The largest absolute Gasteiger partial charge is 0.632 e. The maximum Gasteiger partial charge on any atom is 0.258 e. The first kappa shape index (κ1) is 10.9. The second kappa shape index (κ2) is 3.89. The van der Waals surface area contributed by atoms with Gasteiger partial charge in [-0.05, 0) is 6.42 Å². The first-order chi connectivity index (χ1) is 6.46. The number of amides is 2. The summed E-state index contributed by atoms with van der Waals surface area (Å²) >= 11 is 0. The molecule has 0 spiro atoms. The minimum atomic E-state index is -0.588. The van der Waals surface area contributed by atoms with Crippen molar-refractivity contribution < 1.29 is 14.2 Å². The standard InChI is InChI=1S/C9H14N2O3/c1-3-6-11(2,14)7-10-8(12)4-5-9(10)13/h4-5H,3,6-7H2,1-2H3. The number of hydroxylamine groups is 3. The number of rotatable bonds is 4. The molecule has 5 heteroatoms. The second-order valence-corrected chi connectivity index (χ2v) is 3.60. The van der Waals surface area contributed by atoms with Gasteiger partial charge in [-0.2, -0.15) is 0 Å². The Morgan fingerprint density at radius 3 is 2.29 bits per heavy atom. The molecule has 0 aromatic heterocycles. The fraction of sp³-hybridized carbons (Fsp3) is 0.556. The number of imide groups is 1. The topological polar surface area (TPSA) is 60.4 Å². The van der Waals surface area contributed by atoms with E-state index in [0.717, 1.165) is 11.3 Å². The lowest BCUT2D eigenvalue weighted by Crippen LogP contribution is -2.49. The maximum absolute atomic E-state index is 11.7. The number of hydrogen-bond donors (Lipinski definition) is 0. The molecule has 0 aromatic rings. The van der Waals surface area contributed by atoms with Crippen LogP contribution in [0.5, 0.6) is 0 Å². The summed E-state index contributed by atoms with van der Waals surface area (Å²) in [6.07, 6.45) is 3.10. The van der Waals surface area contributed by atoms with Gasteiger partial charge in [-0.25, -0.2) is 4.90 Å². The van der Waals surface area contributed by atoms with E-state index in [1.165, 1.54) is 19.2 Å². The van der Waals surface area contributed by atoms with E-state index >= 15 is 0 Å². The van der Waals surface area contributed by atoms with E-state index < -0.39 is 16.5 Å². The zero-order valence-electron chi connectivity index (χ0n) is 8.40. The highest BCUT2D eigenvalue weighted by Gasteiger charge is 2.28. The maximum atomic E-state index is 11.7. The highest BCUT2D eigenvalue weighted by atomic mass is 16.5. The Kier molecular flexibility index (Phi) is 3.03. The zero-order chi connectivity index (χ0) is 10.8. The SMILES string of the molecule is CCC[N+](C)([O-])CN1C(=O)C=CC1=O. The van der Waals surface area contributed by atoms with Crippen molar-refractivity contribution in [3.8, 4) is 0 Å². The lowest BCUT2D eigenvalue weighted by Gasteiger charge is -2.40. The van der Waals surface area contributed by atoms with Crippen molar-refractivity contribution in [3.63, 3.8) is 0 Å². The summed E-state index contributed by atoms with van der Waals surface area (Å²) in [5.74, 6) is -0.794. The van der Waals surface area contributed by atoms with Crippen molar-refractivity contribution in [2.75, 3.05) is 20.3 Å². The lowest BCUT2D eigenvalue weighted by atomic mass is 10.4. The number of nitrogens with zero attached hydrogens (tertiary/aromatic N) is 2. The van der Waals surface area contributed by atoms with Gasteiger partial charge >= 0.3 is 0 Å². The van der Waals surface area contributed by atoms with Crippen LogP contribution in [0.15, 0.2) is 12.2 Å². The Hall–Kier alpha value is -1.20. The van der Waals surface area contributed by atoms with Crippen molar-refractivity contribution in [1.29, 1.82) is 0 Å². The van der Waals surface area contributed by atoms with Gasteiger partial charge in [0.25, 0.3) is 11.8 Å². The third-order valence-electron chi connectivity index (χ3n) is 2.04. The molecule has 0 aromatic carbocycles. The van der Waals surface area contributed by atoms with E-state index in [9.17, 15) is 14.8 Å². The van der Waals surface area contributed by atoms with Crippen LogP contribution in [0.3, 0.4) is 0 Å². The Bertz CT molecular complexity index is 266. The van der Waals surface area contributed by atoms with Gasteiger partial charge < -0.3 is 9.85 Å². The Morgan fingerprint density at radius 1 is 1.36 bits per heavy atom. The van der Waals surface area contributed by atoms with Crippen molar-refractivity contribution >= 4 is 11.8 Å². The first-order valence-electron chi connectivity index (χ1n) is 4.55. The molecule has 0 radical (unpaired) electrons. The number of hydrogen-bond acceptors (Lipinski definition) is 3. The second-order valence-electron chi connectivity index (χ2n) is 3.60. The van der Waals surface area contributed by atoms with Crippen LogP contribution in [-0.2, 0) is 9.59 Å². The quantitative estimate of drug-likeness (QED) is 0.369. The molecule has 2 amide bonds. The number of carbonyl (C=O) groups is 2. The third kappa shape index (κ3) is 2.40. The van der Waals surface area contributed by atoms with Gasteiger partial charge in [0.2, 0.25) is 0 Å². The molecule has 0 bridgehead atoms. The summed E-state index contributed by atoms with van der Waals surface area (Å²) in [5.41, 5.74) is 0. The van der Waals surface area contributed by atoms with Gasteiger partial charge in [-0.1, -0.05) is 6.92 Å². The fourth-order valence-electron chi connectivity index (χ4n) is 1.41. The summed E-state index contributed by atoms with van der Waals surface area (Å²) in [4.78, 5) is 23.2. The normalized spacial score (nSPS) is 20.4. The van der Waals surface area contributed by atoms with Crippen molar-refractivity contribution in [1.82, 2.24) is 4.90 Å². The van der Waals surface area contributed by atoms with E-state index in [1.54, 1.807) is 0 Å². The zero-order valence-corrected chi connectivity index (χ0v) is 8.40. The minimum Gasteiger partial charge on any atom is -0.632 e. The summed E-state index contributed by atoms with van der Waals surface area (Å²) in [6, 6.07) is 0. The first-order valence-corrected chi connectivity index (χ1v) is 4.55. The molecular formula is C9H14N2O3. The summed E-state index contributed by atoms with van der Waals surface area (Å²) in [5, 5.41) is 11.7. The molecule has 0 N–H and O–H groups in total. The van der Waals surface area contributed by atoms with Crippen LogP contribution in [0.2, 0.25) is 0 Å².